The van der Waals surface area contributed by atoms with E-state index in [1.807, 2.05) is 0 Å². The molecule has 0 amide bonds. The Morgan fingerprint density at radius 3 is 2.26 bits per heavy atom. The maximum atomic E-state index is 13.1. The second kappa shape index (κ2) is 10.4. The predicted octanol–water partition coefficient (Wildman–Crippen LogP) is 6.58. The Bertz CT molecular complexity index is 710. The summed E-state index contributed by atoms with van der Waals surface area (Å²) < 4.78 is 39.2. The molecule has 1 N–H and O–H groups in total. The molecule has 3 rings (SSSR count). The van der Waals surface area contributed by atoms with Crippen molar-refractivity contribution in [2.75, 3.05) is 13.1 Å². The third kappa shape index (κ3) is 6.71. The van der Waals surface area contributed by atoms with Gasteiger partial charge in [0.2, 0.25) is 0 Å². The molecule has 0 heterocycles. The molecule has 0 saturated heterocycles. The van der Waals surface area contributed by atoms with Crippen molar-refractivity contribution in [2.45, 2.75) is 83.4 Å². The lowest BCUT2D eigenvalue weighted by atomic mass is 9.72. The van der Waals surface area contributed by atoms with E-state index in [1.165, 1.54) is 37.8 Å². The average Bonchev–Trinajstić information content (AvgIpc) is 3.19. The van der Waals surface area contributed by atoms with Gasteiger partial charge in [0.25, 0.3) is 0 Å². The minimum Gasteiger partial charge on any atom is -0.481 e. The zero-order chi connectivity index (χ0) is 22.6. The van der Waals surface area contributed by atoms with Gasteiger partial charge in [-0.1, -0.05) is 38.8 Å². The van der Waals surface area contributed by atoms with Gasteiger partial charge in [0.15, 0.2) is 0 Å². The summed E-state index contributed by atoms with van der Waals surface area (Å²) >= 11 is 0. The first kappa shape index (κ1) is 24.1. The number of aliphatic carboxylic acids is 1. The third-order valence-corrected chi connectivity index (χ3v) is 7.09. The van der Waals surface area contributed by atoms with Crippen LogP contribution in [0.1, 0.15) is 82.3 Å². The molecule has 1 aromatic carbocycles. The fourth-order valence-corrected chi connectivity index (χ4v) is 5.73. The minimum absolute atomic E-state index is 0.0699. The first-order valence-corrected chi connectivity index (χ1v) is 11.8. The number of benzene rings is 1. The van der Waals surface area contributed by atoms with Crippen LogP contribution in [0.4, 0.5) is 13.2 Å². The molecule has 6 heteroatoms. The van der Waals surface area contributed by atoms with Gasteiger partial charge in [0, 0.05) is 25.6 Å². The van der Waals surface area contributed by atoms with Crippen LogP contribution in [0.3, 0.4) is 0 Å². The molecule has 1 aromatic rings. The first-order chi connectivity index (χ1) is 14.6. The zero-order valence-electron chi connectivity index (χ0n) is 18.7. The van der Waals surface area contributed by atoms with Crippen molar-refractivity contribution in [3.63, 3.8) is 0 Å². The molecule has 0 unspecified atom stereocenters. The molecule has 2 aliphatic carbocycles. The van der Waals surface area contributed by atoms with E-state index in [4.69, 9.17) is 0 Å². The minimum atomic E-state index is -4.34. The van der Waals surface area contributed by atoms with Crippen LogP contribution < -0.4 is 0 Å². The average molecular weight is 440 g/mol. The number of hydrogen-bond acceptors (Lipinski definition) is 2. The molecule has 174 valence electrons. The van der Waals surface area contributed by atoms with Crippen LogP contribution in [0.15, 0.2) is 24.3 Å². The van der Waals surface area contributed by atoms with Crippen molar-refractivity contribution in [3.8, 4) is 0 Å². The third-order valence-electron chi connectivity index (χ3n) is 7.09. The van der Waals surface area contributed by atoms with E-state index in [-0.39, 0.29) is 24.3 Å². The fraction of sp³-hybridized carbons (Fsp3) is 0.720. The van der Waals surface area contributed by atoms with E-state index in [1.54, 1.807) is 12.1 Å². The summed E-state index contributed by atoms with van der Waals surface area (Å²) in [5.41, 5.74) is 0.281. The van der Waals surface area contributed by atoms with Gasteiger partial charge >= 0.3 is 12.1 Å². The Morgan fingerprint density at radius 1 is 1.06 bits per heavy atom. The first-order valence-electron chi connectivity index (χ1n) is 11.8. The Balaban J connectivity index is 1.86. The van der Waals surface area contributed by atoms with E-state index >= 15 is 0 Å². The number of rotatable bonds is 8. The van der Waals surface area contributed by atoms with Crippen molar-refractivity contribution < 1.29 is 23.1 Å². The molecule has 0 aliphatic heterocycles. The molecule has 2 aliphatic rings. The van der Waals surface area contributed by atoms with Gasteiger partial charge in [0.05, 0.1) is 5.56 Å². The predicted molar refractivity (Wildman–Crippen MR) is 116 cm³/mol. The second-order valence-electron chi connectivity index (χ2n) is 10.1. The number of nitrogens with zero attached hydrogens (tertiary/aromatic N) is 1. The highest BCUT2D eigenvalue weighted by Gasteiger charge is 2.37. The largest absolute Gasteiger partial charge is 0.481 e. The van der Waals surface area contributed by atoms with E-state index in [0.717, 1.165) is 37.9 Å². The van der Waals surface area contributed by atoms with Gasteiger partial charge in [-0.25, -0.2) is 0 Å². The zero-order valence-corrected chi connectivity index (χ0v) is 18.7. The van der Waals surface area contributed by atoms with Gasteiger partial charge in [-0.2, -0.15) is 13.2 Å². The summed E-state index contributed by atoms with van der Waals surface area (Å²) in [4.78, 5) is 13.9. The summed E-state index contributed by atoms with van der Waals surface area (Å²) in [5, 5.41) is 9.30. The molecule has 3 nitrogen and oxygen atoms in total. The lowest BCUT2D eigenvalue weighted by Crippen LogP contribution is -2.46. The standard InChI is InChI=1S/C25H36F3NO2/c1-17(2)15-29(16-18-5-3-4-6-18)23-12-7-19(14-24(30)31)13-22(23)20-8-10-21(11-9-20)25(26,27)28/h8-11,17-19,22-23H,3-7,12-16H2,1-2H3,(H,30,31)/t19-,22+,23-/m1/s1. The van der Waals surface area contributed by atoms with Gasteiger partial charge < -0.3 is 5.11 Å². The van der Waals surface area contributed by atoms with Gasteiger partial charge in [-0.15, -0.1) is 0 Å². The lowest BCUT2D eigenvalue weighted by Gasteiger charge is -2.44. The molecule has 0 spiro atoms. The quantitative estimate of drug-likeness (QED) is 0.497. The van der Waals surface area contributed by atoms with Crippen molar-refractivity contribution in [3.05, 3.63) is 35.4 Å². The van der Waals surface area contributed by atoms with Gasteiger partial charge in [-0.05, 0) is 73.5 Å². The molecule has 2 fully saturated rings. The monoisotopic (exact) mass is 439 g/mol. The summed E-state index contributed by atoms with van der Waals surface area (Å²) in [5.74, 6) is 0.559. The van der Waals surface area contributed by atoms with Crippen LogP contribution in [0.5, 0.6) is 0 Å². The number of carboxylic acids is 1. The van der Waals surface area contributed by atoms with E-state index < -0.39 is 17.7 Å². The van der Waals surface area contributed by atoms with Crippen LogP contribution in [0.2, 0.25) is 0 Å². The van der Waals surface area contributed by atoms with Crippen LogP contribution in [-0.2, 0) is 11.0 Å². The fourth-order valence-electron chi connectivity index (χ4n) is 5.73. The van der Waals surface area contributed by atoms with Crippen molar-refractivity contribution in [1.29, 1.82) is 0 Å². The van der Waals surface area contributed by atoms with Crippen LogP contribution in [0, 0.1) is 17.8 Å². The summed E-state index contributed by atoms with van der Waals surface area (Å²) in [6.07, 6.45) is 3.38. The van der Waals surface area contributed by atoms with E-state index in [0.29, 0.717) is 11.8 Å². The Morgan fingerprint density at radius 2 is 1.71 bits per heavy atom. The Labute approximate surface area is 184 Å². The highest BCUT2D eigenvalue weighted by molar-refractivity contribution is 5.67. The van der Waals surface area contributed by atoms with E-state index in [9.17, 15) is 23.1 Å². The van der Waals surface area contributed by atoms with Crippen molar-refractivity contribution >= 4 is 5.97 Å². The Kier molecular flexibility index (Phi) is 8.06. The smallest absolute Gasteiger partial charge is 0.416 e. The van der Waals surface area contributed by atoms with Crippen LogP contribution in [0.25, 0.3) is 0 Å². The summed E-state index contributed by atoms with van der Waals surface area (Å²) in [6.45, 7) is 6.45. The van der Waals surface area contributed by atoms with Gasteiger partial charge in [-0.3, -0.25) is 9.69 Å². The van der Waals surface area contributed by atoms with Crippen molar-refractivity contribution in [1.82, 2.24) is 4.90 Å². The Hall–Kier alpha value is -1.56. The number of alkyl halides is 3. The van der Waals surface area contributed by atoms with Gasteiger partial charge in [0.1, 0.15) is 0 Å². The topological polar surface area (TPSA) is 40.5 Å². The molecule has 0 bridgehead atoms. The molecule has 3 atom stereocenters. The molecular weight excluding hydrogens is 403 g/mol. The molecular formula is C25H36F3NO2. The number of carbonyl (C=O) groups is 1. The van der Waals surface area contributed by atoms with Crippen molar-refractivity contribution in [2.24, 2.45) is 17.8 Å². The summed E-state index contributed by atoms with van der Waals surface area (Å²) in [6, 6.07) is 5.85. The van der Waals surface area contributed by atoms with Crippen LogP contribution in [-0.4, -0.2) is 35.1 Å². The highest BCUT2D eigenvalue weighted by Crippen LogP contribution is 2.42. The highest BCUT2D eigenvalue weighted by atomic mass is 19.4. The summed E-state index contributed by atoms with van der Waals surface area (Å²) in [7, 11) is 0. The number of halogens is 3. The molecule has 0 radical (unpaired) electrons. The molecule has 31 heavy (non-hydrogen) atoms. The normalized spacial score (nSPS) is 25.5. The van der Waals surface area contributed by atoms with Crippen LogP contribution >= 0.6 is 0 Å². The maximum absolute atomic E-state index is 13.1. The number of carboxylic acid groups (broad SMARTS) is 1. The SMILES string of the molecule is CC(C)CN(CC1CCCC1)[C@@H]1CC[C@@H](CC(=O)O)C[C@H]1c1ccc(C(F)(F)F)cc1. The van der Waals surface area contributed by atoms with E-state index in [2.05, 4.69) is 18.7 Å². The lowest BCUT2D eigenvalue weighted by molar-refractivity contribution is -0.139. The number of hydrogen-bond donors (Lipinski definition) is 1. The molecule has 2 saturated carbocycles. The maximum Gasteiger partial charge on any atom is 0.416 e. The second-order valence-corrected chi connectivity index (χ2v) is 10.1. The molecule has 0 aromatic heterocycles.